The molecular weight excluding hydrogens is 268 g/mol. The van der Waals surface area contributed by atoms with Crippen LogP contribution in [0.3, 0.4) is 0 Å². The molecule has 108 valence electrons. The van der Waals surface area contributed by atoms with E-state index in [4.69, 9.17) is 5.73 Å². The number of nitrogens with zero attached hydrogens (tertiary/aromatic N) is 2. The van der Waals surface area contributed by atoms with Crippen molar-refractivity contribution >= 4 is 23.0 Å². The maximum atomic E-state index is 11.3. The first-order valence-electron chi connectivity index (χ1n) is 5.89. The number of primary amides is 1. The second-order valence-corrected chi connectivity index (χ2v) is 4.05. The minimum Gasteiger partial charge on any atom is -0.379 e. The molecule has 0 bridgehead atoms. The van der Waals surface area contributed by atoms with E-state index in [1.165, 1.54) is 0 Å². The molecule has 0 aliphatic heterocycles. The van der Waals surface area contributed by atoms with Gasteiger partial charge in [-0.2, -0.15) is 0 Å². The summed E-state index contributed by atoms with van der Waals surface area (Å²) < 4.78 is 0. The zero-order valence-electron chi connectivity index (χ0n) is 10.8. The molecule has 0 saturated heterocycles. The molecule has 0 unspecified atom stereocenters. The van der Waals surface area contributed by atoms with Crippen LogP contribution in [-0.4, -0.2) is 22.3 Å². The molecule has 0 spiro atoms. The SMILES string of the molecule is CCCCNc1c(C(N)=O)cc([N+](=O)[O-])cc1[N+](=O)[O-]. The summed E-state index contributed by atoms with van der Waals surface area (Å²) in [4.78, 5) is 31.5. The molecule has 0 saturated carbocycles. The molecule has 1 aromatic rings. The van der Waals surface area contributed by atoms with Crippen molar-refractivity contribution in [3.63, 3.8) is 0 Å². The first kappa shape index (κ1) is 15.3. The van der Waals surface area contributed by atoms with Crippen LogP contribution < -0.4 is 11.1 Å². The van der Waals surface area contributed by atoms with Gasteiger partial charge in [0.05, 0.1) is 21.5 Å². The smallest absolute Gasteiger partial charge is 0.300 e. The average Bonchev–Trinajstić information content (AvgIpc) is 2.37. The fourth-order valence-corrected chi connectivity index (χ4v) is 1.63. The van der Waals surface area contributed by atoms with Gasteiger partial charge in [-0.1, -0.05) is 13.3 Å². The number of hydrogen-bond acceptors (Lipinski definition) is 6. The molecule has 9 nitrogen and oxygen atoms in total. The molecule has 0 fully saturated rings. The fourth-order valence-electron chi connectivity index (χ4n) is 1.63. The van der Waals surface area contributed by atoms with Crippen LogP contribution in [0.15, 0.2) is 12.1 Å². The standard InChI is InChI=1S/C11H14N4O5/c1-2-3-4-13-10-8(11(12)16)5-7(14(17)18)6-9(10)15(19)20/h5-6,13H,2-4H2,1H3,(H2,12,16). The third kappa shape index (κ3) is 3.40. The van der Waals surface area contributed by atoms with Crippen molar-refractivity contribution in [2.45, 2.75) is 19.8 Å². The Kier molecular flexibility index (Phi) is 4.95. The summed E-state index contributed by atoms with van der Waals surface area (Å²) in [5.74, 6) is -0.962. The lowest BCUT2D eigenvalue weighted by molar-refractivity contribution is -0.393. The van der Waals surface area contributed by atoms with Crippen molar-refractivity contribution in [2.75, 3.05) is 11.9 Å². The van der Waals surface area contributed by atoms with Gasteiger partial charge in [0.25, 0.3) is 17.3 Å². The van der Waals surface area contributed by atoms with E-state index in [1.807, 2.05) is 6.92 Å². The van der Waals surface area contributed by atoms with Gasteiger partial charge >= 0.3 is 0 Å². The van der Waals surface area contributed by atoms with Crippen LogP contribution in [0.5, 0.6) is 0 Å². The Morgan fingerprint density at radius 3 is 2.40 bits per heavy atom. The second kappa shape index (κ2) is 6.45. The molecule has 1 aromatic carbocycles. The molecule has 0 aliphatic rings. The van der Waals surface area contributed by atoms with Gasteiger partial charge in [-0.25, -0.2) is 0 Å². The first-order chi connectivity index (χ1) is 9.38. The highest BCUT2D eigenvalue weighted by Crippen LogP contribution is 2.33. The lowest BCUT2D eigenvalue weighted by atomic mass is 10.1. The summed E-state index contributed by atoms with van der Waals surface area (Å²) in [6.45, 7) is 2.33. The van der Waals surface area contributed by atoms with E-state index in [1.54, 1.807) is 0 Å². The Labute approximate surface area is 114 Å². The number of nitrogens with two attached hydrogens (primary N) is 1. The topological polar surface area (TPSA) is 141 Å². The van der Waals surface area contributed by atoms with Crippen molar-refractivity contribution in [3.05, 3.63) is 37.9 Å². The number of carbonyl (C=O) groups is 1. The number of nitro benzene ring substituents is 2. The lowest BCUT2D eigenvalue weighted by Gasteiger charge is -2.10. The Bertz CT molecular complexity index is 523. The van der Waals surface area contributed by atoms with Crippen molar-refractivity contribution in [3.8, 4) is 0 Å². The number of nitro groups is 2. The number of unbranched alkanes of at least 4 members (excludes halogenated alkanes) is 1. The number of benzene rings is 1. The molecule has 1 rings (SSSR count). The van der Waals surface area contributed by atoms with E-state index in [2.05, 4.69) is 5.32 Å². The molecule has 9 heteroatoms. The van der Waals surface area contributed by atoms with Gasteiger partial charge in [0.15, 0.2) is 0 Å². The monoisotopic (exact) mass is 282 g/mol. The molecule has 0 atom stereocenters. The van der Waals surface area contributed by atoms with Gasteiger partial charge in [0.2, 0.25) is 0 Å². The van der Waals surface area contributed by atoms with Crippen LogP contribution in [0.2, 0.25) is 0 Å². The highest BCUT2D eigenvalue weighted by atomic mass is 16.6. The summed E-state index contributed by atoms with van der Waals surface area (Å²) in [7, 11) is 0. The van der Waals surface area contributed by atoms with E-state index < -0.39 is 27.1 Å². The Morgan fingerprint density at radius 1 is 1.30 bits per heavy atom. The Hall–Kier alpha value is -2.71. The number of amides is 1. The molecule has 1 amide bonds. The van der Waals surface area contributed by atoms with E-state index in [-0.39, 0.29) is 11.3 Å². The van der Waals surface area contributed by atoms with Gasteiger partial charge in [-0.05, 0) is 6.42 Å². The van der Waals surface area contributed by atoms with Crippen LogP contribution in [0.25, 0.3) is 0 Å². The number of carbonyl (C=O) groups excluding carboxylic acids is 1. The molecule has 0 aliphatic carbocycles. The highest BCUT2D eigenvalue weighted by molar-refractivity contribution is 6.01. The molecule has 0 aromatic heterocycles. The largest absolute Gasteiger partial charge is 0.379 e. The van der Waals surface area contributed by atoms with Crippen LogP contribution in [0.4, 0.5) is 17.1 Å². The number of anilines is 1. The van der Waals surface area contributed by atoms with Crippen molar-refractivity contribution < 1.29 is 14.6 Å². The van der Waals surface area contributed by atoms with E-state index in [0.29, 0.717) is 6.54 Å². The molecule has 0 heterocycles. The fraction of sp³-hybridized carbons (Fsp3) is 0.364. The maximum Gasteiger partial charge on any atom is 0.300 e. The summed E-state index contributed by atoms with van der Waals surface area (Å²) in [6.07, 6.45) is 1.58. The van der Waals surface area contributed by atoms with Crippen LogP contribution in [-0.2, 0) is 0 Å². The Morgan fingerprint density at radius 2 is 1.95 bits per heavy atom. The van der Waals surface area contributed by atoms with E-state index >= 15 is 0 Å². The summed E-state index contributed by atoms with van der Waals surface area (Å²) in [6, 6.07) is 1.74. The van der Waals surface area contributed by atoms with Crippen molar-refractivity contribution in [1.82, 2.24) is 0 Å². The van der Waals surface area contributed by atoms with Crippen molar-refractivity contribution in [1.29, 1.82) is 0 Å². The van der Waals surface area contributed by atoms with Gasteiger partial charge in [-0.3, -0.25) is 25.0 Å². The molecular formula is C11H14N4O5. The normalized spacial score (nSPS) is 10.1. The van der Waals surface area contributed by atoms with Crippen molar-refractivity contribution in [2.24, 2.45) is 5.73 Å². The minimum atomic E-state index is -0.962. The van der Waals surface area contributed by atoms with E-state index in [0.717, 1.165) is 25.0 Å². The number of rotatable bonds is 7. The lowest BCUT2D eigenvalue weighted by Crippen LogP contribution is -2.16. The van der Waals surface area contributed by atoms with Crippen LogP contribution in [0.1, 0.15) is 30.1 Å². The second-order valence-electron chi connectivity index (χ2n) is 4.05. The van der Waals surface area contributed by atoms with Crippen LogP contribution in [0, 0.1) is 20.2 Å². The quantitative estimate of drug-likeness (QED) is 0.443. The third-order valence-electron chi connectivity index (χ3n) is 2.61. The zero-order chi connectivity index (χ0) is 15.3. The zero-order valence-corrected chi connectivity index (χ0v) is 10.8. The summed E-state index contributed by atoms with van der Waals surface area (Å²) in [5, 5.41) is 24.5. The van der Waals surface area contributed by atoms with Gasteiger partial charge in [0, 0.05) is 12.6 Å². The highest BCUT2D eigenvalue weighted by Gasteiger charge is 2.26. The number of hydrogen-bond donors (Lipinski definition) is 2. The molecule has 20 heavy (non-hydrogen) atoms. The molecule has 3 N–H and O–H groups in total. The van der Waals surface area contributed by atoms with Gasteiger partial charge < -0.3 is 11.1 Å². The minimum absolute atomic E-state index is 0.0819. The summed E-state index contributed by atoms with van der Waals surface area (Å²) in [5.41, 5.74) is 3.70. The average molecular weight is 282 g/mol. The van der Waals surface area contributed by atoms with Gasteiger partial charge in [0.1, 0.15) is 5.69 Å². The number of non-ortho nitro benzene ring substituents is 1. The number of nitrogens with one attached hydrogen (secondary N) is 1. The summed E-state index contributed by atoms with van der Waals surface area (Å²) >= 11 is 0. The Balaban J connectivity index is 3.39. The predicted molar refractivity (Wildman–Crippen MR) is 71.7 cm³/mol. The molecule has 0 radical (unpaired) electrons. The van der Waals surface area contributed by atoms with Gasteiger partial charge in [-0.15, -0.1) is 0 Å². The third-order valence-corrected chi connectivity index (χ3v) is 2.61. The first-order valence-corrected chi connectivity index (χ1v) is 5.89. The van der Waals surface area contributed by atoms with Crippen LogP contribution >= 0.6 is 0 Å². The van der Waals surface area contributed by atoms with E-state index in [9.17, 15) is 25.0 Å². The predicted octanol–water partition coefficient (Wildman–Crippen LogP) is 1.81. The maximum absolute atomic E-state index is 11.3.